The molecule has 2 bridgehead atoms. The third-order valence-electron chi connectivity index (χ3n) is 7.72. The molecule has 1 heterocycles. The van der Waals surface area contributed by atoms with Crippen molar-refractivity contribution in [2.24, 2.45) is 10.8 Å². The Bertz CT molecular complexity index is 920. The first kappa shape index (κ1) is 22.4. The Morgan fingerprint density at radius 3 is 2.13 bits per heavy atom. The van der Waals surface area contributed by atoms with Crippen molar-refractivity contribution < 1.29 is 23.8 Å². The summed E-state index contributed by atoms with van der Waals surface area (Å²) in [5.41, 5.74) is 0.756. The lowest BCUT2D eigenvalue weighted by atomic mass is 9.50. The summed E-state index contributed by atoms with van der Waals surface area (Å²) in [5.74, 6) is 0.147. The fraction of sp³-hybridized carbons (Fsp3) is 0.680. The molecule has 1 aliphatic heterocycles. The Kier molecular flexibility index (Phi) is 5.16. The Morgan fingerprint density at radius 1 is 1.06 bits per heavy atom. The van der Waals surface area contributed by atoms with Gasteiger partial charge in [-0.2, -0.15) is 0 Å². The van der Waals surface area contributed by atoms with E-state index in [4.69, 9.17) is 25.8 Å². The second-order valence-corrected chi connectivity index (χ2v) is 11.3. The van der Waals surface area contributed by atoms with Gasteiger partial charge in [-0.1, -0.05) is 11.6 Å². The molecule has 31 heavy (non-hydrogen) atoms. The molecule has 3 saturated carbocycles. The van der Waals surface area contributed by atoms with Crippen LogP contribution in [0, 0.1) is 17.8 Å². The van der Waals surface area contributed by atoms with E-state index in [1.807, 2.05) is 34.6 Å². The SMILES string of the molecule is CC(=O)c1cc(Cl)c2c(c1C)OC(C)(C13CCC(CC(=O)OC(C)(C)C)(CC1)CC3)O2. The van der Waals surface area contributed by atoms with Gasteiger partial charge in [0, 0.05) is 23.5 Å². The molecule has 0 N–H and O–H groups in total. The summed E-state index contributed by atoms with van der Waals surface area (Å²) < 4.78 is 18.5. The fourth-order valence-corrected chi connectivity index (χ4v) is 6.04. The second kappa shape index (κ2) is 7.13. The minimum Gasteiger partial charge on any atom is -0.460 e. The van der Waals surface area contributed by atoms with E-state index < -0.39 is 11.4 Å². The molecule has 5 nitrogen and oxygen atoms in total. The van der Waals surface area contributed by atoms with E-state index in [1.54, 1.807) is 6.07 Å². The van der Waals surface area contributed by atoms with E-state index in [9.17, 15) is 9.59 Å². The number of hydrogen-bond acceptors (Lipinski definition) is 5. The Labute approximate surface area is 189 Å². The van der Waals surface area contributed by atoms with E-state index in [0.29, 0.717) is 28.5 Å². The molecule has 0 radical (unpaired) electrons. The molecular weight excluding hydrogens is 416 g/mol. The molecule has 0 amide bonds. The van der Waals surface area contributed by atoms with Crippen molar-refractivity contribution in [1.29, 1.82) is 0 Å². The number of hydrogen-bond donors (Lipinski definition) is 0. The number of fused-ring (bicyclic) bond motifs is 4. The fourth-order valence-electron chi connectivity index (χ4n) is 5.81. The van der Waals surface area contributed by atoms with E-state index in [0.717, 1.165) is 44.1 Å². The lowest BCUT2D eigenvalue weighted by molar-refractivity contribution is -0.214. The van der Waals surface area contributed by atoms with Crippen LogP contribution < -0.4 is 9.47 Å². The summed E-state index contributed by atoms with van der Waals surface area (Å²) in [6.45, 7) is 11.1. The largest absolute Gasteiger partial charge is 0.460 e. The molecule has 0 aromatic heterocycles. The van der Waals surface area contributed by atoms with Gasteiger partial charge >= 0.3 is 5.97 Å². The third-order valence-corrected chi connectivity index (χ3v) is 8.00. The molecule has 0 saturated heterocycles. The molecule has 3 fully saturated rings. The summed E-state index contributed by atoms with van der Waals surface area (Å²) in [5, 5.41) is 0.414. The smallest absolute Gasteiger partial charge is 0.306 e. The zero-order valence-electron chi connectivity index (χ0n) is 19.4. The van der Waals surface area contributed by atoms with Gasteiger partial charge in [-0.15, -0.1) is 0 Å². The van der Waals surface area contributed by atoms with Crippen LogP contribution in [0.4, 0.5) is 0 Å². The Balaban J connectivity index is 1.53. The number of ether oxygens (including phenoxy) is 3. The average Bonchev–Trinajstić information content (AvgIpc) is 3.04. The molecule has 1 aromatic rings. The molecule has 5 rings (SSSR count). The Morgan fingerprint density at radius 2 is 1.61 bits per heavy atom. The van der Waals surface area contributed by atoms with Crippen LogP contribution in [0.1, 0.15) is 95.5 Å². The number of halogens is 1. The van der Waals surface area contributed by atoms with Crippen LogP contribution in [0.3, 0.4) is 0 Å². The molecule has 3 aliphatic carbocycles. The highest BCUT2D eigenvalue weighted by atomic mass is 35.5. The van der Waals surface area contributed by atoms with Gasteiger partial charge in [-0.3, -0.25) is 9.59 Å². The van der Waals surface area contributed by atoms with Gasteiger partial charge in [0.25, 0.3) is 5.79 Å². The monoisotopic (exact) mass is 448 g/mol. The van der Waals surface area contributed by atoms with E-state index >= 15 is 0 Å². The third kappa shape index (κ3) is 3.73. The van der Waals surface area contributed by atoms with Gasteiger partial charge in [0.15, 0.2) is 17.3 Å². The predicted octanol–water partition coefficient (Wildman–Crippen LogP) is 6.41. The summed E-state index contributed by atoms with van der Waals surface area (Å²) in [6.07, 6.45) is 6.12. The van der Waals surface area contributed by atoms with E-state index in [-0.39, 0.29) is 22.6 Å². The zero-order chi connectivity index (χ0) is 22.8. The van der Waals surface area contributed by atoms with Gasteiger partial charge in [-0.25, -0.2) is 0 Å². The van der Waals surface area contributed by atoms with Crippen molar-refractivity contribution in [1.82, 2.24) is 0 Å². The Hall–Kier alpha value is -1.75. The van der Waals surface area contributed by atoms with Gasteiger partial charge < -0.3 is 14.2 Å². The molecule has 1 atom stereocenters. The zero-order valence-corrected chi connectivity index (χ0v) is 20.2. The van der Waals surface area contributed by atoms with Crippen LogP contribution in [0.25, 0.3) is 0 Å². The van der Waals surface area contributed by atoms with Crippen LogP contribution in [0.5, 0.6) is 11.5 Å². The first-order valence-electron chi connectivity index (χ1n) is 11.2. The maximum Gasteiger partial charge on any atom is 0.306 e. The minimum atomic E-state index is -0.836. The minimum absolute atomic E-state index is 0.0151. The molecule has 6 heteroatoms. The summed E-state index contributed by atoms with van der Waals surface area (Å²) in [7, 11) is 0. The quantitative estimate of drug-likeness (QED) is 0.393. The summed E-state index contributed by atoms with van der Waals surface area (Å²) in [4.78, 5) is 24.5. The van der Waals surface area contributed by atoms with Crippen LogP contribution >= 0.6 is 11.6 Å². The predicted molar refractivity (Wildman–Crippen MR) is 119 cm³/mol. The van der Waals surface area contributed by atoms with Crippen LogP contribution in [0.15, 0.2) is 6.07 Å². The van der Waals surface area contributed by atoms with Crippen LogP contribution in [-0.2, 0) is 9.53 Å². The van der Waals surface area contributed by atoms with Crippen molar-refractivity contribution in [2.75, 3.05) is 0 Å². The van der Waals surface area contributed by atoms with Crippen molar-refractivity contribution in [3.8, 4) is 11.5 Å². The number of rotatable bonds is 4. The average molecular weight is 449 g/mol. The van der Waals surface area contributed by atoms with Gasteiger partial charge in [0.2, 0.25) is 0 Å². The van der Waals surface area contributed by atoms with Gasteiger partial charge in [0.1, 0.15) is 5.60 Å². The standard InChI is InChI=1S/C25H33ClO5/c1-15-17(16(2)27)13-18(26)21-20(15)30-23(6,31-21)25-10-7-24(8-11-25,9-12-25)14-19(28)29-22(3,4)5/h13H,7-12,14H2,1-6H3. The van der Waals surface area contributed by atoms with Crippen molar-refractivity contribution in [2.45, 2.75) is 97.9 Å². The molecule has 0 spiro atoms. The molecule has 4 aliphatic rings. The normalized spacial score (nSPS) is 31.6. The number of ketones is 1. The summed E-state index contributed by atoms with van der Waals surface area (Å²) >= 11 is 6.48. The summed E-state index contributed by atoms with van der Waals surface area (Å²) in [6, 6.07) is 1.68. The van der Waals surface area contributed by atoms with Crippen molar-refractivity contribution in [3.63, 3.8) is 0 Å². The molecular formula is C25H33ClO5. The van der Waals surface area contributed by atoms with Gasteiger partial charge in [-0.05, 0) is 84.6 Å². The number of Topliss-reactive ketones (excluding diaryl/α,β-unsaturated/α-hetero) is 1. The molecule has 1 aromatic carbocycles. The highest BCUT2D eigenvalue weighted by molar-refractivity contribution is 6.33. The molecule has 1 unspecified atom stereocenters. The number of carbonyl (C=O) groups excluding carboxylic acids is 2. The van der Waals surface area contributed by atoms with Crippen LogP contribution in [0.2, 0.25) is 5.02 Å². The highest BCUT2D eigenvalue weighted by Crippen LogP contribution is 2.65. The van der Waals surface area contributed by atoms with Gasteiger partial charge in [0.05, 0.1) is 11.4 Å². The topological polar surface area (TPSA) is 61.8 Å². The number of carbonyl (C=O) groups is 2. The maximum atomic E-state index is 12.5. The highest BCUT2D eigenvalue weighted by Gasteiger charge is 2.62. The maximum absolute atomic E-state index is 12.5. The van der Waals surface area contributed by atoms with Crippen molar-refractivity contribution >= 4 is 23.4 Å². The first-order chi connectivity index (χ1) is 14.3. The molecule has 170 valence electrons. The van der Waals surface area contributed by atoms with E-state index in [2.05, 4.69) is 0 Å². The second-order valence-electron chi connectivity index (χ2n) is 10.9. The lowest BCUT2D eigenvalue weighted by Crippen LogP contribution is -2.58. The van der Waals surface area contributed by atoms with E-state index in [1.165, 1.54) is 6.92 Å². The number of benzene rings is 1. The first-order valence-corrected chi connectivity index (χ1v) is 11.6. The lowest BCUT2D eigenvalue weighted by Gasteiger charge is -2.57. The van der Waals surface area contributed by atoms with Crippen molar-refractivity contribution in [3.05, 3.63) is 22.2 Å². The van der Waals surface area contributed by atoms with Crippen LogP contribution in [-0.4, -0.2) is 23.1 Å². The number of esters is 1.